The summed E-state index contributed by atoms with van der Waals surface area (Å²) in [6.45, 7) is 11.6. The number of hydrogen-bond acceptors (Lipinski definition) is 3. The van der Waals surface area contributed by atoms with Crippen LogP contribution < -0.4 is 10.6 Å². The summed E-state index contributed by atoms with van der Waals surface area (Å²) in [6, 6.07) is 4.42. The van der Waals surface area contributed by atoms with Crippen molar-refractivity contribution in [1.82, 2.24) is 10.6 Å². The predicted octanol–water partition coefficient (Wildman–Crippen LogP) is 3.82. The largest absolute Gasteiger partial charge is 0.377 e. The van der Waals surface area contributed by atoms with Crippen LogP contribution in [-0.4, -0.2) is 32.3 Å². The molecule has 2 unspecified atom stereocenters. The van der Waals surface area contributed by atoms with E-state index < -0.39 is 0 Å². The van der Waals surface area contributed by atoms with Gasteiger partial charge in [-0.05, 0) is 36.8 Å². The molecule has 2 rings (SSSR count). The van der Waals surface area contributed by atoms with Gasteiger partial charge >= 0.3 is 0 Å². The van der Waals surface area contributed by atoms with E-state index in [9.17, 15) is 0 Å². The Balaban J connectivity index is 1.83. The van der Waals surface area contributed by atoms with Gasteiger partial charge in [0, 0.05) is 35.9 Å². The van der Waals surface area contributed by atoms with Gasteiger partial charge in [0.05, 0.1) is 12.6 Å². The molecule has 2 heterocycles. The predicted molar refractivity (Wildman–Crippen MR) is 104 cm³/mol. The van der Waals surface area contributed by atoms with E-state index in [4.69, 9.17) is 4.74 Å². The summed E-state index contributed by atoms with van der Waals surface area (Å²) in [5.74, 6) is 1.41. The fraction of sp³-hybridized carbons (Fsp3) is 0.737. The number of aliphatic imine (C=N–C) groups is 1. The van der Waals surface area contributed by atoms with Crippen molar-refractivity contribution in [2.75, 3.05) is 20.2 Å². The Morgan fingerprint density at radius 3 is 2.67 bits per heavy atom. The molecule has 0 spiro atoms. The quantitative estimate of drug-likeness (QED) is 0.626. The lowest BCUT2D eigenvalue weighted by molar-refractivity contribution is -0.0835. The van der Waals surface area contributed by atoms with Crippen molar-refractivity contribution in [2.45, 2.75) is 59.6 Å². The highest BCUT2D eigenvalue weighted by Gasteiger charge is 2.35. The van der Waals surface area contributed by atoms with Gasteiger partial charge in [-0.25, -0.2) is 0 Å². The van der Waals surface area contributed by atoms with Crippen LogP contribution in [0.1, 0.15) is 50.3 Å². The third-order valence-electron chi connectivity index (χ3n) is 4.55. The van der Waals surface area contributed by atoms with Crippen molar-refractivity contribution >= 4 is 17.3 Å². The van der Waals surface area contributed by atoms with Crippen LogP contribution in [0.4, 0.5) is 0 Å². The topological polar surface area (TPSA) is 45.7 Å². The molecular formula is C19H33N3OS. The van der Waals surface area contributed by atoms with Crippen molar-refractivity contribution < 1.29 is 4.74 Å². The zero-order chi connectivity index (χ0) is 17.6. The Kier molecular flexibility index (Phi) is 7.11. The molecule has 0 saturated carbocycles. The van der Waals surface area contributed by atoms with Crippen molar-refractivity contribution in [1.29, 1.82) is 0 Å². The highest BCUT2D eigenvalue weighted by Crippen LogP contribution is 2.33. The van der Waals surface area contributed by atoms with E-state index in [2.05, 4.69) is 55.5 Å². The average Bonchev–Trinajstić information content (AvgIpc) is 3.02. The van der Waals surface area contributed by atoms with Crippen molar-refractivity contribution in [3.05, 3.63) is 21.9 Å². The lowest BCUT2D eigenvalue weighted by atomic mass is 9.78. The second kappa shape index (κ2) is 8.86. The number of rotatable bonds is 5. The zero-order valence-corrected chi connectivity index (χ0v) is 16.6. The molecule has 2 atom stereocenters. The van der Waals surface area contributed by atoms with Crippen molar-refractivity contribution in [3.63, 3.8) is 0 Å². The minimum Gasteiger partial charge on any atom is -0.377 e. The van der Waals surface area contributed by atoms with Gasteiger partial charge in [0.1, 0.15) is 0 Å². The summed E-state index contributed by atoms with van der Waals surface area (Å²) in [4.78, 5) is 7.14. The maximum Gasteiger partial charge on any atom is 0.191 e. The van der Waals surface area contributed by atoms with Gasteiger partial charge in [0.25, 0.3) is 0 Å². The SMILES string of the molecule is CCc1ccc(CNC(=NC)NCC2CCCOC2C(C)(C)C)s1. The molecule has 2 N–H and O–H groups in total. The highest BCUT2D eigenvalue weighted by atomic mass is 32.1. The summed E-state index contributed by atoms with van der Waals surface area (Å²) in [7, 11) is 1.83. The van der Waals surface area contributed by atoms with Crippen LogP contribution in [0.3, 0.4) is 0 Å². The first-order valence-corrected chi connectivity index (χ1v) is 9.89. The molecule has 0 bridgehead atoms. The molecule has 0 amide bonds. The fourth-order valence-electron chi connectivity index (χ4n) is 3.34. The number of nitrogens with one attached hydrogen (secondary N) is 2. The first-order chi connectivity index (χ1) is 11.4. The van der Waals surface area contributed by atoms with Crippen LogP contribution in [0.2, 0.25) is 0 Å². The summed E-state index contributed by atoms with van der Waals surface area (Å²) < 4.78 is 6.07. The Morgan fingerprint density at radius 1 is 1.29 bits per heavy atom. The second-order valence-electron chi connectivity index (χ2n) is 7.59. The molecule has 1 aliphatic heterocycles. The van der Waals surface area contributed by atoms with Crippen molar-refractivity contribution in [3.8, 4) is 0 Å². The number of ether oxygens (including phenoxy) is 1. The van der Waals surface area contributed by atoms with Crippen molar-refractivity contribution in [2.24, 2.45) is 16.3 Å². The van der Waals surface area contributed by atoms with Crippen LogP contribution in [0.25, 0.3) is 0 Å². The normalized spacial score (nSPS) is 22.5. The first-order valence-electron chi connectivity index (χ1n) is 9.07. The molecule has 1 fully saturated rings. The number of aryl methyl sites for hydroxylation is 1. The third-order valence-corrected chi connectivity index (χ3v) is 5.78. The second-order valence-corrected chi connectivity index (χ2v) is 8.84. The molecule has 136 valence electrons. The van der Waals surface area contributed by atoms with Crippen LogP contribution in [0.15, 0.2) is 17.1 Å². The maximum atomic E-state index is 6.07. The van der Waals surface area contributed by atoms with Gasteiger partial charge in [-0.2, -0.15) is 0 Å². The summed E-state index contributed by atoms with van der Waals surface area (Å²) in [6.07, 6.45) is 3.78. The molecule has 4 nitrogen and oxygen atoms in total. The van der Waals surface area contributed by atoms with E-state index in [1.807, 2.05) is 18.4 Å². The first kappa shape index (κ1) is 19.3. The van der Waals surface area contributed by atoms with Gasteiger partial charge in [-0.1, -0.05) is 27.7 Å². The fourth-order valence-corrected chi connectivity index (χ4v) is 4.23. The molecule has 0 radical (unpaired) electrons. The Bertz CT molecular complexity index is 533. The molecule has 1 saturated heterocycles. The number of thiophene rings is 1. The lowest BCUT2D eigenvalue weighted by Gasteiger charge is -2.40. The van der Waals surface area contributed by atoms with Crippen LogP contribution in [-0.2, 0) is 17.7 Å². The summed E-state index contributed by atoms with van der Waals surface area (Å²) in [5, 5.41) is 6.92. The van der Waals surface area contributed by atoms with E-state index >= 15 is 0 Å². The maximum absolute atomic E-state index is 6.07. The minimum absolute atomic E-state index is 0.178. The van der Waals surface area contributed by atoms with E-state index in [1.54, 1.807) is 0 Å². The molecule has 5 heteroatoms. The molecule has 0 aromatic carbocycles. The number of hydrogen-bond donors (Lipinski definition) is 2. The van der Waals surface area contributed by atoms with Crippen LogP contribution >= 0.6 is 11.3 Å². The van der Waals surface area contributed by atoms with Gasteiger partial charge in [0.2, 0.25) is 0 Å². The Hall–Kier alpha value is -1.07. The van der Waals surface area contributed by atoms with E-state index in [-0.39, 0.29) is 5.41 Å². The number of guanidine groups is 1. The zero-order valence-electron chi connectivity index (χ0n) is 15.8. The highest BCUT2D eigenvalue weighted by molar-refractivity contribution is 7.11. The summed E-state index contributed by atoms with van der Waals surface area (Å²) in [5.41, 5.74) is 0.178. The smallest absolute Gasteiger partial charge is 0.191 e. The van der Waals surface area contributed by atoms with Crippen LogP contribution in [0.5, 0.6) is 0 Å². The van der Waals surface area contributed by atoms with Gasteiger partial charge < -0.3 is 15.4 Å². The standard InChI is InChI=1S/C19H33N3OS/c1-6-15-9-10-16(24-15)13-22-18(20-5)21-12-14-8-7-11-23-17(14)19(2,3)4/h9-10,14,17H,6-8,11-13H2,1-5H3,(H2,20,21,22). The van der Waals surface area contributed by atoms with Gasteiger partial charge in [-0.15, -0.1) is 11.3 Å². The van der Waals surface area contributed by atoms with Gasteiger partial charge in [0.15, 0.2) is 5.96 Å². The monoisotopic (exact) mass is 351 g/mol. The molecule has 1 aliphatic rings. The Labute approximate surface area is 151 Å². The molecule has 24 heavy (non-hydrogen) atoms. The van der Waals surface area contributed by atoms with Gasteiger partial charge in [-0.3, -0.25) is 4.99 Å². The third kappa shape index (κ3) is 5.49. The average molecular weight is 352 g/mol. The molecule has 1 aromatic rings. The lowest BCUT2D eigenvalue weighted by Crippen LogP contribution is -2.47. The summed E-state index contributed by atoms with van der Waals surface area (Å²) >= 11 is 1.87. The Morgan fingerprint density at radius 2 is 2.04 bits per heavy atom. The molecular weight excluding hydrogens is 318 g/mol. The minimum atomic E-state index is 0.178. The van der Waals surface area contributed by atoms with Crippen LogP contribution in [0, 0.1) is 11.3 Å². The van der Waals surface area contributed by atoms with E-state index in [0.717, 1.165) is 38.5 Å². The van der Waals surface area contributed by atoms with E-state index in [0.29, 0.717) is 12.0 Å². The van der Waals surface area contributed by atoms with E-state index in [1.165, 1.54) is 16.2 Å². The number of nitrogens with zero attached hydrogens (tertiary/aromatic N) is 1. The molecule has 0 aliphatic carbocycles. The molecule has 1 aromatic heterocycles.